The Morgan fingerprint density at radius 3 is 2.76 bits per heavy atom. The van der Waals surface area contributed by atoms with Gasteiger partial charge in [0.1, 0.15) is 6.04 Å². The molecule has 2 N–H and O–H groups in total. The molecule has 0 amide bonds. The molecule has 17 heavy (non-hydrogen) atoms. The van der Waals surface area contributed by atoms with E-state index < -0.39 is 12.0 Å². The van der Waals surface area contributed by atoms with Crippen LogP contribution in [-0.2, 0) is 11.3 Å². The minimum Gasteiger partial charge on any atom is -0.480 e. The number of nitrogens with zero attached hydrogens (tertiary/aromatic N) is 1. The van der Waals surface area contributed by atoms with Crippen molar-refractivity contribution in [1.82, 2.24) is 10.2 Å². The number of hydrogen-bond acceptors (Lipinski definition) is 3. The molecule has 0 radical (unpaired) electrons. The maximum absolute atomic E-state index is 10.9. The molecule has 0 aliphatic carbocycles. The molecule has 0 aromatic heterocycles. The van der Waals surface area contributed by atoms with Gasteiger partial charge in [-0.25, -0.2) is 0 Å². The normalized spacial score (nSPS) is 12.7. The summed E-state index contributed by atoms with van der Waals surface area (Å²) in [5, 5.41) is 11.7. The SMILES string of the molecule is CNC(CN(C)Cc1cccc(C)c1)C(=O)O. The lowest BCUT2D eigenvalue weighted by Crippen LogP contribution is -2.43. The second-order valence-corrected chi connectivity index (χ2v) is 4.37. The molecule has 1 rings (SSSR count). The highest BCUT2D eigenvalue weighted by Crippen LogP contribution is 2.06. The quantitative estimate of drug-likeness (QED) is 0.776. The third-order valence-corrected chi connectivity index (χ3v) is 2.68. The van der Waals surface area contributed by atoms with Gasteiger partial charge in [-0.2, -0.15) is 0 Å². The van der Waals surface area contributed by atoms with Crippen molar-refractivity contribution >= 4 is 5.97 Å². The van der Waals surface area contributed by atoms with Gasteiger partial charge in [0.05, 0.1) is 0 Å². The first-order valence-electron chi connectivity index (χ1n) is 5.67. The fourth-order valence-electron chi connectivity index (χ4n) is 1.79. The molecule has 0 heterocycles. The second kappa shape index (κ2) is 6.37. The van der Waals surface area contributed by atoms with Crippen molar-refractivity contribution in [3.8, 4) is 0 Å². The molecule has 1 aromatic rings. The van der Waals surface area contributed by atoms with Crippen molar-refractivity contribution in [2.75, 3.05) is 20.6 Å². The van der Waals surface area contributed by atoms with Crippen LogP contribution < -0.4 is 5.32 Å². The Kier molecular flexibility index (Phi) is 5.12. The molecule has 1 unspecified atom stereocenters. The van der Waals surface area contributed by atoms with Crippen molar-refractivity contribution < 1.29 is 9.90 Å². The molecule has 0 saturated heterocycles. The zero-order valence-corrected chi connectivity index (χ0v) is 10.6. The minimum atomic E-state index is -0.816. The first-order chi connectivity index (χ1) is 8.02. The Hall–Kier alpha value is -1.39. The first-order valence-corrected chi connectivity index (χ1v) is 5.67. The third-order valence-electron chi connectivity index (χ3n) is 2.68. The van der Waals surface area contributed by atoms with E-state index in [1.54, 1.807) is 7.05 Å². The zero-order chi connectivity index (χ0) is 12.8. The number of aryl methyl sites for hydroxylation is 1. The molecule has 1 aromatic carbocycles. The van der Waals surface area contributed by atoms with Gasteiger partial charge >= 0.3 is 5.97 Å². The summed E-state index contributed by atoms with van der Waals surface area (Å²) in [6.07, 6.45) is 0. The van der Waals surface area contributed by atoms with Gasteiger partial charge in [0.2, 0.25) is 0 Å². The molecule has 94 valence electrons. The molecule has 0 bridgehead atoms. The number of nitrogens with one attached hydrogen (secondary N) is 1. The number of likely N-dealkylation sites (N-methyl/N-ethyl adjacent to an activating group) is 2. The first kappa shape index (κ1) is 13.7. The van der Waals surface area contributed by atoms with Gasteiger partial charge in [0.15, 0.2) is 0 Å². The van der Waals surface area contributed by atoms with Crippen molar-refractivity contribution in [2.24, 2.45) is 0 Å². The van der Waals surface area contributed by atoms with E-state index in [4.69, 9.17) is 5.11 Å². The summed E-state index contributed by atoms with van der Waals surface area (Å²) < 4.78 is 0. The van der Waals surface area contributed by atoms with E-state index in [1.165, 1.54) is 11.1 Å². The average molecular weight is 236 g/mol. The zero-order valence-electron chi connectivity index (χ0n) is 10.6. The highest BCUT2D eigenvalue weighted by atomic mass is 16.4. The highest BCUT2D eigenvalue weighted by Gasteiger charge is 2.16. The number of hydrogen-bond donors (Lipinski definition) is 2. The van der Waals surface area contributed by atoms with Crippen LogP contribution in [0.1, 0.15) is 11.1 Å². The molecule has 0 fully saturated rings. The monoisotopic (exact) mass is 236 g/mol. The van der Waals surface area contributed by atoms with Crippen molar-refractivity contribution in [3.05, 3.63) is 35.4 Å². The lowest BCUT2D eigenvalue weighted by molar-refractivity contribution is -0.139. The summed E-state index contributed by atoms with van der Waals surface area (Å²) in [6, 6.07) is 7.72. The predicted molar refractivity (Wildman–Crippen MR) is 68.0 cm³/mol. The van der Waals surface area contributed by atoms with Crippen LogP contribution in [0.15, 0.2) is 24.3 Å². The van der Waals surface area contributed by atoms with Crippen molar-refractivity contribution in [2.45, 2.75) is 19.5 Å². The number of carbonyl (C=O) groups is 1. The summed E-state index contributed by atoms with van der Waals surface area (Å²) >= 11 is 0. The Bertz CT molecular complexity index is 379. The van der Waals surface area contributed by atoms with E-state index >= 15 is 0 Å². The van der Waals surface area contributed by atoms with Crippen LogP contribution in [0.4, 0.5) is 0 Å². The van der Waals surface area contributed by atoms with Gasteiger partial charge in [-0.3, -0.25) is 9.69 Å². The summed E-state index contributed by atoms with van der Waals surface area (Å²) in [5.41, 5.74) is 2.42. The van der Waals surface area contributed by atoms with E-state index in [2.05, 4.69) is 30.4 Å². The van der Waals surface area contributed by atoms with Gasteiger partial charge in [-0.15, -0.1) is 0 Å². The maximum atomic E-state index is 10.9. The average Bonchev–Trinajstić information content (AvgIpc) is 2.25. The lowest BCUT2D eigenvalue weighted by Gasteiger charge is -2.21. The Morgan fingerprint density at radius 2 is 2.24 bits per heavy atom. The Morgan fingerprint density at radius 1 is 1.53 bits per heavy atom. The van der Waals surface area contributed by atoms with E-state index in [0.717, 1.165) is 6.54 Å². The molecule has 0 saturated carbocycles. The summed E-state index contributed by atoms with van der Waals surface area (Å²) in [5.74, 6) is -0.816. The fourth-order valence-corrected chi connectivity index (χ4v) is 1.79. The largest absolute Gasteiger partial charge is 0.480 e. The summed E-state index contributed by atoms with van der Waals surface area (Å²) in [4.78, 5) is 12.9. The van der Waals surface area contributed by atoms with E-state index in [-0.39, 0.29) is 0 Å². The predicted octanol–water partition coefficient (Wildman–Crippen LogP) is 1.10. The molecular formula is C13H20N2O2. The smallest absolute Gasteiger partial charge is 0.322 e. The lowest BCUT2D eigenvalue weighted by atomic mass is 10.1. The standard InChI is InChI=1S/C13H20N2O2/c1-10-5-4-6-11(7-10)8-15(3)9-12(14-2)13(16)17/h4-7,12,14H,8-9H2,1-3H3,(H,16,17). The number of aliphatic carboxylic acids is 1. The van der Waals surface area contributed by atoms with Crippen molar-refractivity contribution in [1.29, 1.82) is 0 Å². The van der Waals surface area contributed by atoms with Crippen LogP contribution >= 0.6 is 0 Å². The second-order valence-electron chi connectivity index (χ2n) is 4.37. The van der Waals surface area contributed by atoms with Crippen LogP contribution in [-0.4, -0.2) is 42.7 Å². The Labute approximate surface area is 102 Å². The van der Waals surface area contributed by atoms with Crippen LogP contribution in [0, 0.1) is 6.92 Å². The number of benzene rings is 1. The molecular weight excluding hydrogens is 216 g/mol. The van der Waals surface area contributed by atoms with Gasteiger partial charge < -0.3 is 10.4 Å². The van der Waals surface area contributed by atoms with Crippen molar-refractivity contribution in [3.63, 3.8) is 0 Å². The number of rotatable bonds is 6. The minimum absolute atomic E-state index is 0.486. The number of carboxylic acid groups (broad SMARTS) is 1. The Balaban J connectivity index is 2.54. The van der Waals surface area contributed by atoms with Gasteiger partial charge in [-0.1, -0.05) is 29.8 Å². The fraction of sp³-hybridized carbons (Fsp3) is 0.462. The molecule has 0 aliphatic heterocycles. The van der Waals surface area contributed by atoms with E-state index in [0.29, 0.717) is 6.54 Å². The maximum Gasteiger partial charge on any atom is 0.322 e. The van der Waals surface area contributed by atoms with Gasteiger partial charge in [-0.05, 0) is 26.6 Å². The number of carboxylic acids is 1. The van der Waals surface area contributed by atoms with Crippen LogP contribution in [0.3, 0.4) is 0 Å². The molecule has 1 atom stereocenters. The van der Waals surface area contributed by atoms with Crippen LogP contribution in [0.25, 0.3) is 0 Å². The molecule has 4 nitrogen and oxygen atoms in total. The topological polar surface area (TPSA) is 52.6 Å². The summed E-state index contributed by atoms with van der Waals surface area (Å²) in [6.45, 7) is 3.30. The summed E-state index contributed by atoms with van der Waals surface area (Å²) in [7, 11) is 3.59. The van der Waals surface area contributed by atoms with Crippen LogP contribution in [0.2, 0.25) is 0 Å². The van der Waals surface area contributed by atoms with E-state index in [1.807, 2.05) is 18.0 Å². The van der Waals surface area contributed by atoms with E-state index in [9.17, 15) is 4.79 Å². The van der Waals surface area contributed by atoms with Gasteiger partial charge in [0.25, 0.3) is 0 Å². The molecule has 0 spiro atoms. The van der Waals surface area contributed by atoms with Gasteiger partial charge in [0, 0.05) is 13.1 Å². The molecule has 0 aliphatic rings. The van der Waals surface area contributed by atoms with Crippen LogP contribution in [0.5, 0.6) is 0 Å². The molecule has 4 heteroatoms. The highest BCUT2D eigenvalue weighted by molar-refractivity contribution is 5.73. The third kappa shape index (κ3) is 4.54.